The van der Waals surface area contributed by atoms with Crippen LogP contribution in [-0.2, 0) is 11.3 Å². The number of aliphatic hydroxyl groups excluding tert-OH is 2. The Morgan fingerprint density at radius 2 is 2.00 bits per heavy atom. The van der Waals surface area contributed by atoms with Gasteiger partial charge in [-0.1, -0.05) is 0 Å². The molecule has 2 radical (unpaired) electrons. The molecule has 1 fully saturated rings. The molecule has 1 aliphatic rings. The molecule has 9 heteroatoms. The molecule has 0 bridgehead atoms. The summed E-state index contributed by atoms with van der Waals surface area (Å²) in [5.74, 6) is 0. The summed E-state index contributed by atoms with van der Waals surface area (Å²) in [6.45, 7) is -1.17. The first-order valence-electron chi connectivity index (χ1n) is 5.61. The van der Waals surface area contributed by atoms with Crippen LogP contribution >= 0.6 is 0 Å². The molecule has 0 aliphatic carbocycles. The van der Waals surface area contributed by atoms with E-state index in [0.29, 0.717) is 12.8 Å². The SMILES string of the molecule is OCO.[B][C@@H]1CCC(n2cc(CO)c(=O)[nH]c2=O)O1. The zero-order chi connectivity index (χ0) is 14.4. The smallest absolute Gasteiger partial charge is 0.330 e. The van der Waals surface area contributed by atoms with Gasteiger partial charge in [0.15, 0.2) is 0 Å². The lowest BCUT2D eigenvalue weighted by Crippen LogP contribution is -2.34. The van der Waals surface area contributed by atoms with Crippen LogP contribution in [0, 0.1) is 0 Å². The lowest BCUT2D eigenvalue weighted by Gasteiger charge is -2.14. The van der Waals surface area contributed by atoms with Gasteiger partial charge in [-0.25, -0.2) is 4.79 Å². The molecule has 2 heterocycles. The van der Waals surface area contributed by atoms with Gasteiger partial charge in [0.1, 0.15) is 20.9 Å². The fraction of sp³-hybridized carbons (Fsp3) is 0.600. The predicted octanol–water partition coefficient (Wildman–Crippen LogP) is -2.24. The quantitative estimate of drug-likeness (QED) is 0.356. The fourth-order valence-electron chi connectivity index (χ4n) is 1.70. The van der Waals surface area contributed by atoms with Crippen molar-refractivity contribution in [3.05, 3.63) is 32.6 Å². The van der Waals surface area contributed by atoms with Crippen molar-refractivity contribution in [2.24, 2.45) is 0 Å². The Kier molecular flexibility index (Phi) is 5.96. The highest BCUT2D eigenvalue weighted by Gasteiger charge is 2.24. The summed E-state index contributed by atoms with van der Waals surface area (Å²) in [5.41, 5.74) is -1.00. The molecule has 1 aromatic heterocycles. The van der Waals surface area contributed by atoms with Crippen LogP contribution in [0.2, 0.25) is 0 Å². The first-order chi connectivity index (χ1) is 9.03. The predicted molar refractivity (Wildman–Crippen MR) is 65.4 cm³/mol. The molecule has 1 unspecified atom stereocenters. The molecule has 104 valence electrons. The molecule has 0 amide bonds. The van der Waals surface area contributed by atoms with E-state index < -0.39 is 30.9 Å². The molecule has 2 atom stereocenters. The number of aliphatic hydroxyl groups is 3. The largest absolute Gasteiger partial charge is 0.391 e. The number of aromatic nitrogens is 2. The van der Waals surface area contributed by atoms with Crippen molar-refractivity contribution < 1.29 is 20.1 Å². The number of ether oxygens (including phenoxy) is 1. The number of hydrogen-bond acceptors (Lipinski definition) is 6. The standard InChI is InChI=1S/C9H11BN2O4.CH4O2/c10-6-1-2-7(16-6)12-3-5(4-13)8(14)11-9(12)15;2-1-3/h3,6-7,13H,1-2,4H2,(H,11,14,15);2-3H,1H2/t6-,7?;/m0./s1. The third-order valence-corrected chi connectivity index (χ3v) is 2.55. The average Bonchev–Trinajstić information content (AvgIpc) is 2.77. The minimum absolute atomic E-state index is 0.128. The van der Waals surface area contributed by atoms with Crippen molar-refractivity contribution in [3.63, 3.8) is 0 Å². The summed E-state index contributed by atoms with van der Waals surface area (Å²) in [4.78, 5) is 24.8. The zero-order valence-corrected chi connectivity index (χ0v) is 10.2. The summed E-state index contributed by atoms with van der Waals surface area (Å²) >= 11 is 0. The fourth-order valence-corrected chi connectivity index (χ4v) is 1.70. The third kappa shape index (κ3) is 4.03. The highest BCUT2D eigenvalue weighted by atomic mass is 16.5. The maximum atomic E-state index is 11.5. The molecule has 0 aromatic carbocycles. The van der Waals surface area contributed by atoms with Crippen molar-refractivity contribution >= 4 is 7.85 Å². The van der Waals surface area contributed by atoms with E-state index in [2.05, 4.69) is 4.98 Å². The van der Waals surface area contributed by atoms with Crippen LogP contribution in [0.15, 0.2) is 15.8 Å². The van der Waals surface area contributed by atoms with Gasteiger partial charge in [-0.15, -0.1) is 0 Å². The minimum atomic E-state index is -0.750. The van der Waals surface area contributed by atoms with Crippen molar-refractivity contribution in [1.82, 2.24) is 9.55 Å². The monoisotopic (exact) mass is 270 g/mol. The second kappa shape index (κ2) is 7.24. The van der Waals surface area contributed by atoms with Crippen LogP contribution in [0.5, 0.6) is 0 Å². The maximum Gasteiger partial charge on any atom is 0.330 e. The lowest BCUT2D eigenvalue weighted by molar-refractivity contribution is 0.0336. The van der Waals surface area contributed by atoms with Crippen LogP contribution in [-0.4, -0.2) is 45.5 Å². The highest BCUT2D eigenvalue weighted by molar-refractivity contribution is 6.11. The molecular formula is C10H15BN2O6. The third-order valence-electron chi connectivity index (χ3n) is 2.55. The van der Waals surface area contributed by atoms with Crippen molar-refractivity contribution in [3.8, 4) is 0 Å². The van der Waals surface area contributed by atoms with Gasteiger partial charge in [-0.2, -0.15) is 0 Å². The van der Waals surface area contributed by atoms with E-state index in [-0.39, 0.29) is 11.6 Å². The lowest BCUT2D eigenvalue weighted by atomic mass is 9.98. The summed E-state index contributed by atoms with van der Waals surface area (Å²) < 4.78 is 6.55. The Labute approximate surface area is 109 Å². The van der Waals surface area contributed by atoms with Gasteiger partial charge in [-0.3, -0.25) is 14.3 Å². The summed E-state index contributed by atoms with van der Waals surface area (Å²) in [6.07, 6.45) is 2.11. The number of rotatable bonds is 2. The van der Waals surface area contributed by atoms with Gasteiger partial charge in [0, 0.05) is 12.2 Å². The number of nitrogens with zero attached hydrogens (tertiary/aromatic N) is 1. The van der Waals surface area contributed by atoms with Crippen LogP contribution in [0.1, 0.15) is 24.6 Å². The number of H-pyrrole nitrogens is 1. The van der Waals surface area contributed by atoms with E-state index in [1.807, 2.05) is 0 Å². The van der Waals surface area contributed by atoms with E-state index in [4.69, 9.17) is 27.9 Å². The summed E-state index contributed by atoms with van der Waals surface area (Å²) in [7, 11) is 5.55. The van der Waals surface area contributed by atoms with E-state index in [1.54, 1.807) is 0 Å². The van der Waals surface area contributed by atoms with Crippen molar-refractivity contribution in [2.45, 2.75) is 31.7 Å². The first-order valence-corrected chi connectivity index (χ1v) is 5.61. The molecule has 2 rings (SSSR count). The Hall–Kier alpha value is -1.42. The van der Waals surface area contributed by atoms with Crippen LogP contribution in [0.4, 0.5) is 0 Å². The van der Waals surface area contributed by atoms with Gasteiger partial charge < -0.3 is 20.1 Å². The maximum absolute atomic E-state index is 11.5. The van der Waals surface area contributed by atoms with Crippen LogP contribution in [0.25, 0.3) is 0 Å². The molecule has 1 aromatic rings. The Balaban J connectivity index is 0.000000550. The second-order valence-corrected chi connectivity index (χ2v) is 3.83. The number of aromatic amines is 1. The molecular weight excluding hydrogens is 255 g/mol. The van der Waals surface area contributed by atoms with Crippen molar-refractivity contribution in [1.29, 1.82) is 0 Å². The summed E-state index contributed by atoms with van der Waals surface area (Å²) in [6, 6.07) is -0.388. The molecule has 1 saturated heterocycles. The zero-order valence-electron chi connectivity index (χ0n) is 10.2. The van der Waals surface area contributed by atoms with E-state index in [0.717, 1.165) is 0 Å². The van der Waals surface area contributed by atoms with Gasteiger partial charge in [-0.05, 0) is 12.8 Å². The minimum Gasteiger partial charge on any atom is -0.391 e. The molecule has 0 saturated carbocycles. The van der Waals surface area contributed by atoms with Crippen molar-refractivity contribution in [2.75, 3.05) is 6.79 Å². The van der Waals surface area contributed by atoms with Crippen LogP contribution in [0.3, 0.4) is 0 Å². The highest BCUT2D eigenvalue weighted by Crippen LogP contribution is 2.24. The van der Waals surface area contributed by atoms with Gasteiger partial charge in [0.05, 0.1) is 12.2 Å². The number of nitrogens with one attached hydrogen (secondary N) is 1. The van der Waals surface area contributed by atoms with Gasteiger partial charge in [0.25, 0.3) is 5.56 Å². The Morgan fingerprint density at radius 1 is 1.37 bits per heavy atom. The van der Waals surface area contributed by atoms with Gasteiger partial charge in [0.2, 0.25) is 0 Å². The Bertz CT molecular complexity index is 513. The number of hydrogen-bond donors (Lipinski definition) is 4. The molecule has 4 N–H and O–H groups in total. The van der Waals surface area contributed by atoms with Crippen LogP contribution < -0.4 is 11.2 Å². The second-order valence-electron chi connectivity index (χ2n) is 3.83. The Morgan fingerprint density at radius 3 is 2.47 bits per heavy atom. The molecule has 8 nitrogen and oxygen atoms in total. The van der Waals surface area contributed by atoms with Gasteiger partial charge >= 0.3 is 5.69 Å². The molecule has 19 heavy (non-hydrogen) atoms. The topological polar surface area (TPSA) is 125 Å². The normalized spacial score (nSPS) is 21.8. The summed E-state index contributed by atoms with van der Waals surface area (Å²) in [5, 5.41) is 23.2. The molecule has 1 aliphatic heterocycles. The average molecular weight is 270 g/mol. The van der Waals surface area contributed by atoms with E-state index >= 15 is 0 Å². The van der Waals surface area contributed by atoms with E-state index in [9.17, 15) is 9.59 Å². The first kappa shape index (κ1) is 15.6. The van der Waals surface area contributed by atoms with E-state index in [1.165, 1.54) is 10.8 Å². The molecule has 0 spiro atoms.